The monoisotopic (exact) mass is 375 g/mol. The Morgan fingerprint density at radius 1 is 1.30 bits per heavy atom. The van der Waals surface area contributed by atoms with Gasteiger partial charge in [-0.25, -0.2) is 0 Å². The molecule has 2 aliphatic rings. The average molecular weight is 376 g/mol. The van der Waals surface area contributed by atoms with Crippen LogP contribution in [0.1, 0.15) is 20.3 Å². The van der Waals surface area contributed by atoms with E-state index in [1.54, 1.807) is 22.8 Å². The van der Waals surface area contributed by atoms with Crippen LogP contribution in [0.15, 0.2) is 17.4 Å². The predicted molar refractivity (Wildman–Crippen MR) is 108 cm³/mol. The molecule has 0 aromatic carbocycles. The molecular weight excluding hydrogens is 342 g/mol. The van der Waals surface area contributed by atoms with Gasteiger partial charge in [-0.3, -0.25) is 14.5 Å². The molecule has 1 N–H and O–H groups in total. The number of carbonyl (C=O) groups excluding carboxylic acids is 1. The molecule has 1 aromatic heterocycles. The van der Waals surface area contributed by atoms with Crippen LogP contribution < -0.4 is 10.2 Å². The Balaban J connectivity index is 1.48. The van der Waals surface area contributed by atoms with Crippen LogP contribution in [0.3, 0.4) is 0 Å². The van der Waals surface area contributed by atoms with Crippen molar-refractivity contribution < 1.29 is 4.79 Å². The second-order valence-corrected chi connectivity index (χ2v) is 8.02. The Kier molecular flexibility index (Phi) is 6.36. The first kappa shape index (κ1) is 19.7. The normalized spacial score (nSPS) is 25.2. The number of rotatable bonds is 4. The van der Waals surface area contributed by atoms with Crippen LogP contribution in [0.2, 0.25) is 0 Å². The van der Waals surface area contributed by atoms with Gasteiger partial charge in [0.1, 0.15) is 6.54 Å². The molecule has 2 aliphatic heterocycles. The summed E-state index contributed by atoms with van der Waals surface area (Å²) in [5.74, 6) is 2.43. The molecule has 27 heavy (non-hydrogen) atoms. The van der Waals surface area contributed by atoms with Crippen LogP contribution in [0.25, 0.3) is 0 Å². The van der Waals surface area contributed by atoms with E-state index in [0.717, 1.165) is 43.1 Å². The number of guanidine groups is 1. The van der Waals surface area contributed by atoms with Gasteiger partial charge in [-0.15, -0.1) is 0 Å². The highest BCUT2D eigenvalue weighted by Gasteiger charge is 2.28. The summed E-state index contributed by atoms with van der Waals surface area (Å²) < 4.78 is 1.72. The Morgan fingerprint density at radius 3 is 2.63 bits per heavy atom. The number of hydrogen-bond acceptors (Lipinski definition) is 4. The first-order chi connectivity index (χ1) is 13.0. The summed E-state index contributed by atoms with van der Waals surface area (Å²) in [7, 11) is 3.64. The van der Waals surface area contributed by atoms with E-state index in [-0.39, 0.29) is 5.91 Å². The van der Waals surface area contributed by atoms with Crippen molar-refractivity contribution in [3.63, 3.8) is 0 Å². The number of anilines is 1. The van der Waals surface area contributed by atoms with Crippen molar-refractivity contribution in [2.75, 3.05) is 57.8 Å². The smallest absolute Gasteiger partial charge is 0.246 e. The highest BCUT2D eigenvalue weighted by Crippen LogP contribution is 2.20. The van der Waals surface area contributed by atoms with E-state index in [1.807, 2.05) is 18.1 Å². The number of aliphatic imine (C=N–C) groups is 1. The summed E-state index contributed by atoms with van der Waals surface area (Å²) in [5, 5.41) is 7.60. The summed E-state index contributed by atoms with van der Waals surface area (Å²) in [6.07, 6.45) is 4.94. The molecule has 0 bridgehead atoms. The standard InChI is InChI=1S/C19H33N7O/c1-15-9-16(2)12-24(11-15)6-5-21-19(20-3)25-7-8-26(18(27)14-25)17-10-22-23(4)13-17/h10,13,15-16H,5-9,11-12,14H2,1-4H3,(H,20,21). The van der Waals surface area contributed by atoms with E-state index in [4.69, 9.17) is 0 Å². The summed E-state index contributed by atoms with van der Waals surface area (Å²) in [6, 6.07) is 0. The summed E-state index contributed by atoms with van der Waals surface area (Å²) >= 11 is 0. The van der Waals surface area contributed by atoms with Crippen LogP contribution in [0.5, 0.6) is 0 Å². The van der Waals surface area contributed by atoms with Crippen molar-refractivity contribution in [1.82, 2.24) is 24.9 Å². The largest absolute Gasteiger partial charge is 0.355 e. The van der Waals surface area contributed by atoms with Crippen molar-refractivity contribution in [1.29, 1.82) is 0 Å². The lowest BCUT2D eigenvalue weighted by atomic mass is 9.92. The molecule has 8 heteroatoms. The zero-order chi connectivity index (χ0) is 19.4. The van der Waals surface area contributed by atoms with Crippen molar-refractivity contribution in [3.8, 4) is 0 Å². The minimum absolute atomic E-state index is 0.0795. The third-order valence-electron chi connectivity index (χ3n) is 5.39. The number of likely N-dealkylation sites (tertiary alicyclic amines) is 1. The number of hydrogen-bond donors (Lipinski definition) is 1. The third kappa shape index (κ3) is 5.00. The van der Waals surface area contributed by atoms with E-state index in [1.165, 1.54) is 19.5 Å². The van der Waals surface area contributed by atoms with Crippen LogP contribution in [0.4, 0.5) is 5.69 Å². The summed E-state index contributed by atoms with van der Waals surface area (Å²) in [4.78, 5) is 23.3. The number of amides is 1. The average Bonchev–Trinajstić information content (AvgIpc) is 3.04. The quantitative estimate of drug-likeness (QED) is 0.617. The maximum Gasteiger partial charge on any atom is 0.246 e. The number of nitrogens with zero attached hydrogens (tertiary/aromatic N) is 6. The van der Waals surface area contributed by atoms with Gasteiger partial charge >= 0.3 is 0 Å². The molecule has 0 aliphatic carbocycles. The van der Waals surface area contributed by atoms with Gasteiger partial charge in [0.25, 0.3) is 0 Å². The molecule has 1 aromatic rings. The number of carbonyl (C=O) groups is 1. The molecule has 3 heterocycles. The lowest BCUT2D eigenvalue weighted by Crippen LogP contribution is -2.56. The zero-order valence-corrected chi connectivity index (χ0v) is 17.1. The molecule has 2 saturated heterocycles. The lowest BCUT2D eigenvalue weighted by molar-refractivity contribution is -0.120. The number of piperidine rings is 1. The molecule has 1 amide bonds. The number of piperazine rings is 1. The Labute approximate surface area is 162 Å². The Morgan fingerprint density at radius 2 is 2.04 bits per heavy atom. The first-order valence-electron chi connectivity index (χ1n) is 9.93. The number of aryl methyl sites for hydroxylation is 1. The first-order valence-corrected chi connectivity index (χ1v) is 9.93. The molecule has 2 atom stereocenters. The van der Waals surface area contributed by atoms with Crippen molar-refractivity contribution in [2.45, 2.75) is 20.3 Å². The van der Waals surface area contributed by atoms with Gasteiger partial charge in [-0.1, -0.05) is 13.8 Å². The molecule has 0 spiro atoms. The maximum absolute atomic E-state index is 12.6. The lowest BCUT2D eigenvalue weighted by Gasteiger charge is -2.37. The fourth-order valence-electron chi connectivity index (χ4n) is 4.31. The highest BCUT2D eigenvalue weighted by molar-refractivity contribution is 5.98. The zero-order valence-electron chi connectivity index (χ0n) is 17.1. The van der Waals surface area contributed by atoms with E-state index in [2.05, 4.69) is 34.2 Å². The number of nitrogens with one attached hydrogen (secondary N) is 1. The Hall–Kier alpha value is -2.09. The summed E-state index contributed by atoms with van der Waals surface area (Å²) in [6.45, 7) is 10.6. The van der Waals surface area contributed by atoms with Crippen LogP contribution in [-0.4, -0.2) is 84.3 Å². The molecule has 2 fully saturated rings. The SMILES string of the molecule is CN=C(NCCN1CC(C)CC(C)C1)N1CCN(c2cnn(C)c2)C(=O)C1. The van der Waals surface area contributed by atoms with Crippen molar-refractivity contribution in [2.24, 2.45) is 23.9 Å². The fourth-order valence-corrected chi connectivity index (χ4v) is 4.31. The van der Waals surface area contributed by atoms with Gasteiger partial charge in [-0.05, 0) is 18.3 Å². The minimum Gasteiger partial charge on any atom is -0.355 e. The van der Waals surface area contributed by atoms with Crippen LogP contribution in [-0.2, 0) is 11.8 Å². The van der Waals surface area contributed by atoms with Gasteiger partial charge in [0.15, 0.2) is 5.96 Å². The van der Waals surface area contributed by atoms with E-state index in [0.29, 0.717) is 13.1 Å². The minimum atomic E-state index is 0.0795. The molecule has 0 radical (unpaired) electrons. The van der Waals surface area contributed by atoms with E-state index in [9.17, 15) is 4.79 Å². The molecule has 0 saturated carbocycles. The second-order valence-electron chi connectivity index (χ2n) is 8.02. The topological polar surface area (TPSA) is 69.0 Å². The number of aromatic nitrogens is 2. The fraction of sp³-hybridized carbons (Fsp3) is 0.737. The van der Waals surface area contributed by atoms with Gasteiger partial charge in [-0.2, -0.15) is 5.10 Å². The van der Waals surface area contributed by atoms with Crippen molar-refractivity contribution in [3.05, 3.63) is 12.4 Å². The van der Waals surface area contributed by atoms with Gasteiger partial charge in [0.2, 0.25) is 5.91 Å². The van der Waals surface area contributed by atoms with Crippen LogP contribution in [0, 0.1) is 11.8 Å². The molecule has 2 unspecified atom stereocenters. The molecule has 8 nitrogen and oxygen atoms in total. The Bertz CT molecular complexity index is 661. The van der Waals surface area contributed by atoms with Crippen LogP contribution >= 0.6 is 0 Å². The highest BCUT2D eigenvalue weighted by atomic mass is 16.2. The van der Waals surface area contributed by atoms with Crippen molar-refractivity contribution >= 4 is 17.6 Å². The second kappa shape index (κ2) is 8.73. The predicted octanol–water partition coefficient (Wildman–Crippen LogP) is 0.622. The third-order valence-corrected chi connectivity index (χ3v) is 5.39. The van der Waals surface area contributed by atoms with Gasteiger partial charge < -0.3 is 20.0 Å². The molecular formula is C19H33N7O. The molecule has 3 rings (SSSR count). The molecule has 150 valence electrons. The van der Waals surface area contributed by atoms with E-state index >= 15 is 0 Å². The van der Waals surface area contributed by atoms with Gasteiger partial charge in [0.05, 0.1) is 11.9 Å². The van der Waals surface area contributed by atoms with E-state index < -0.39 is 0 Å². The summed E-state index contributed by atoms with van der Waals surface area (Å²) in [5.41, 5.74) is 0.860. The maximum atomic E-state index is 12.6. The van der Waals surface area contributed by atoms with Gasteiger partial charge in [0, 0.05) is 59.6 Å².